The first-order valence-corrected chi connectivity index (χ1v) is 6.99. The van der Waals surface area contributed by atoms with E-state index < -0.39 is 6.61 Å². The second-order valence-corrected chi connectivity index (χ2v) is 4.84. The Morgan fingerprint density at radius 3 is 2.57 bits per heavy atom. The highest BCUT2D eigenvalue weighted by molar-refractivity contribution is 5.49. The average Bonchev–Trinajstić information content (AvgIpc) is 2.47. The van der Waals surface area contributed by atoms with Gasteiger partial charge in [-0.1, -0.05) is 37.3 Å². The van der Waals surface area contributed by atoms with Gasteiger partial charge in [-0.3, -0.25) is 0 Å². The molecule has 2 aromatic carbocycles. The van der Waals surface area contributed by atoms with Crippen molar-refractivity contribution in [2.24, 2.45) is 0 Å². The third-order valence-corrected chi connectivity index (χ3v) is 3.32. The highest BCUT2D eigenvalue weighted by Gasteiger charge is 2.14. The average molecular weight is 291 g/mol. The minimum absolute atomic E-state index is 0.132. The largest absolute Gasteiger partial charge is 0.434 e. The molecule has 0 spiro atoms. The van der Waals surface area contributed by atoms with Gasteiger partial charge in [-0.05, 0) is 37.1 Å². The van der Waals surface area contributed by atoms with Crippen LogP contribution in [0.5, 0.6) is 5.75 Å². The van der Waals surface area contributed by atoms with Gasteiger partial charge in [0.2, 0.25) is 0 Å². The zero-order valence-electron chi connectivity index (χ0n) is 12.1. The van der Waals surface area contributed by atoms with Gasteiger partial charge in [0.15, 0.2) is 0 Å². The third kappa shape index (κ3) is 4.18. The summed E-state index contributed by atoms with van der Waals surface area (Å²) in [6, 6.07) is 14.8. The second-order valence-electron chi connectivity index (χ2n) is 4.84. The van der Waals surface area contributed by atoms with Crippen molar-refractivity contribution in [3.63, 3.8) is 0 Å². The van der Waals surface area contributed by atoms with Gasteiger partial charge in [0, 0.05) is 11.3 Å². The van der Waals surface area contributed by atoms with E-state index in [1.54, 1.807) is 18.2 Å². The summed E-state index contributed by atoms with van der Waals surface area (Å²) in [4.78, 5) is 0. The highest BCUT2D eigenvalue weighted by Crippen LogP contribution is 2.29. The van der Waals surface area contributed by atoms with Crippen molar-refractivity contribution in [2.45, 2.75) is 32.9 Å². The molecule has 1 unspecified atom stereocenters. The molecule has 1 atom stereocenters. The molecule has 1 N–H and O–H groups in total. The highest BCUT2D eigenvalue weighted by atomic mass is 19.3. The van der Waals surface area contributed by atoms with E-state index in [9.17, 15) is 8.78 Å². The lowest BCUT2D eigenvalue weighted by molar-refractivity contribution is -0.0505. The molecule has 0 saturated carbocycles. The molecular weight excluding hydrogens is 272 g/mol. The summed E-state index contributed by atoms with van der Waals surface area (Å²) >= 11 is 0. The van der Waals surface area contributed by atoms with Gasteiger partial charge in [-0.25, -0.2) is 0 Å². The van der Waals surface area contributed by atoms with Crippen LogP contribution in [0.1, 0.15) is 31.0 Å². The van der Waals surface area contributed by atoms with Crippen LogP contribution in [-0.2, 0) is 6.42 Å². The Hall–Kier alpha value is -2.10. The van der Waals surface area contributed by atoms with E-state index in [1.807, 2.05) is 25.1 Å². The molecule has 0 aliphatic carbocycles. The number of para-hydroxylation sites is 1. The molecule has 2 nitrogen and oxygen atoms in total. The number of halogens is 2. The zero-order valence-corrected chi connectivity index (χ0v) is 12.1. The first-order valence-electron chi connectivity index (χ1n) is 6.99. The van der Waals surface area contributed by atoms with Crippen molar-refractivity contribution in [3.05, 3.63) is 59.7 Å². The van der Waals surface area contributed by atoms with Gasteiger partial charge < -0.3 is 10.1 Å². The summed E-state index contributed by atoms with van der Waals surface area (Å²) in [6.45, 7) is 1.20. The molecule has 21 heavy (non-hydrogen) atoms. The van der Waals surface area contributed by atoms with Gasteiger partial charge in [0.1, 0.15) is 5.75 Å². The smallest absolute Gasteiger partial charge is 0.387 e. The van der Waals surface area contributed by atoms with Crippen molar-refractivity contribution in [3.8, 4) is 5.75 Å². The Balaban J connectivity index is 2.17. The van der Waals surface area contributed by atoms with Gasteiger partial charge in [-0.2, -0.15) is 8.78 Å². The van der Waals surface area contributed by atoms with Gasteiger partial charge in [-0.15, -0.1) is 0 Å². The molecule has 0 aliphatic heterocycles. The molecule has 0 saturated heterocycles. The molecule has 2 rings (SSSR count). The van der Waals surface area contributed by atoms with Crippen molar-refractivity contribution >= 4 is 5.69 Å². The Kier molecular flexibility index (Phi) is 5.14. The lowest BCUT2D eigenvalue weighted by Crippen LogP contribution is -2.11. The molecule has 4 heteroatoms. The topological polar surface area (TPSA) is 21.3 Å². The fourth-order valence-corrected chi connectivity index (χ4v) is 2.25. The monoisotopic (exact) mass is 291 g/mol. The van der Waals surface area contributed by atoms with Gasteiger partial charge >= 0.3 is 6.61 Å². The summed E-state index contributed by atoms with van der Waals surface area (Å²) in [5.74, 6) is 0.208. The predicted octanol–water partition coefficient (Wildman–Crippen LogP) is 5.02. The molecule has 112 valence electrons. The van der Waals surface area contributed by atoms with Crippen molar-refractivity contribution in [1.82, 2.24) is 0 Å². The summed E-state index contributed by atoms with van der Waals surface area (Å²) in [6.07, 6.45) is 0.953. The molecule has 0 aromatic heterocycles. The fourth-order valence-electron chi connectivity index (χ4n) is 2.25. The standard InChI is InChI=1S/C17H19F2NO/c1-3-13-7-6-8-14(11-13)20-12(2)15-9-4-5-10-16(15)21-17(18)19/h4-12,17,20H,3H2,1-2H3. The number of alkyl halides is 2. The van der Waals surface area contributed by atoms with E-state index in [4.69, 9.17) is 0 Å². The van der Waals surface area contributed by atoms with Crippen LogP contribution in [0.4, 0.5) is 14.5 Å². The van der Waals surface area contributed by atoms with Crippen molar-refractivity contribution in [2.75, 3.05) is 5.32 Å². The molecule has 0 aliphatic rings. The van der Waals surface area contributed by atoms with Crippen LogP contribution >= 0.6 is 0 Å². The van der Waals surface area contributed by atoms with Crippen LogP contribution in [0.2, 0.25) is 0 Å². The third-order valence-electron chi connectivity index (χ3n) is 3.32. The molecule has 0 radical (unpaired) electrons. The first kappa shape index (κ1) is 15.3. The Labute approximate surface area is 123 Å². The molecule has 0 fully saturated rings. The number of rotatable bonds is 6. The number of benzene rings is 2. The Bertz CT molecular complexity index is 587. The SMILES string of the molecule is CCc1cccc(NC(C)c2ccccc2OC(F)F)c1. The van der Waals surface area contributed by atoms with Crippen LogP contribution in [0, 0.1) is 0 Å². The number of nitrogens with one attached hydrogen (secondary N) is 1. The first-order chi connectivity index (χ1) is 10.1. The predicted molar refractivity (Wildman–Crippen MR) is 80.9 cm³/mol. The van der Waals surface area contributed by atoms with Crippen LogP contribution < -0.4 is 10.1 Å². The summed E-state index contributed by atoms with van der Waals surface area (Å²) < 4.78 is 29.5. The van der Waals surface area contributed by atoms with E-state index in [2.05, 4.69) is 29.1 Å². The van der Waals surface area contributed by atoms with E-state index in [1.165, 1.54) is 5.56 Å². The minimum atomic E-state index is -2.82. The number of ether oxygens (including phenoxy) is 1. The van der Waals surface area contributed by atoms with Gasteiger partial charge in [0.25, 0.3) is 0 Å². The van der Waals surface area contributed by atoms with Crippen LogP contribution in [-0.4, -0.2) is 6.61 Å². The second kappa shape index (κ2) is 7.07. The maximum atomic E-state index is 12.4. The molecule has 0 amide bonds. The maximum absolute atomic E-state index is 12.4. The summed E-state index contributed by atoms with van der Waals surface area (Å²) in [7, 11) is 0. The fraction of sp³-hybridized carbons (Fsp3) is 0.294. The number of aryl methyl sites for hydroxylation is 1. The van der Waals surface area contributed by atoms with E-state index in [-0.39, 0.29) is 11.8 Å². The quantitative estimate of drug-likeness (QED) is 0.806. The van der Waals surface area contributed by atoms with Crippen molar-refractivity contribution < 1.29 is 13.5 Å². The lowest BCUT2D eigenvalue weighted by atomic mass is 10.1. The van der Waals surface area contributed by atoms with E-state index >= 15 is 0 Å². The van der Waals surface area contributed by atoms with Crippen LogP contribution in [0.15, 0.2) is 48.5 Å². The zero-order chi connectivity index (χ0) is 15.2. The Morgan fingerprint density at radius 1 is 1.10 bits per heavy atom. The number of hydrogen-bond donors (Lipinski definition) is 1. The Morgan fingerprint density at radius 2 is 1.86 bits per heavy atom. The lowest BCUT2D eigenvalue weighted by Gasteiger charge is -2.19. The number of hydrogen-bond acceptors (Lipinski definition) is 2. The molecule has 2 aromatic rings. The minimum Gasteiger partial charge on any atom is -0.434 e. The normalized spacial score (nSPS) is 12.2. The van der Waals surface area contributed by atoms with Crippen LogP contribution in [0.25, 0.3) is 0 Å². The number of anilines is 1. The molecule has 0 heterocycles. The summed E-state index contributed by atoms with van der Waals surface area (Å²) in [5.41, 5.74) is 2.90. The van der Waals surface area contributed by atoms with E-state index in [0.29, 0.717) is 5.56 Å². The maximum Gasteiger partial charge on any atom is 0.387 e. The van der Waals surface area contributed by atoms with Gasteiger partial charge in [0.05, 0.1) is 6.04 Å². The summed E-state index contributed by atoms with van der Waals surface area (Å²) in [5, 5.41) is 3.32. The van der Waals surface area contributed by atoms with Crippen LogP contribution in [0.3, 0.4) is 0 Å². The molecular formula is C17H19F2NO. The van der Waals surface area contributed by atoms with Crippen molar-refractivity contribution in [1.29, 1.82) is 0 Å². The molecule has 0 bridgehead atoms. The van der Waals surface area contributed by atoms with E-state index in [0.717, 1.165) is 12.1 Å².